The number of hydrogen-bond donors (Lipinski definition) is 2. The van der Waals surface area contributed by atoms with Crippen molar-refractivity contribution in [3.8, 4) is 0 Å². The Morgan fingerprint density at radius 3 is 2.95 bits per heavy atom. The fourth-order valence-electron chi connectivity index (χ4n) is 2.61. The zero-order valence-corrected chi connectivity index (χ0v) is 13.3. The van der Waals surface area contributed by atoms with E-state index in [-0.39, 0.29) is 11.9 Å². The molecular formula is C15H31N3O2. The van der Waals surface area contributed by atoms with Gasteiger partial charge in [-0.3, -0.25) is 9.69 Å². The monoisotopic (exact) mass is 285 g/mol. The first kappa shape index (κ1) is 17.4. The molecule has 118 valence electrons. The highest BCUT2D eigenvalue weighted by Gasteiger charge is 2.26. The maximum atomic E-state index is 12.1. The summed E-state index contributed by atoms with van der Waals surface area (Å²) >= 11 is 0. The standard InChI is InChI=1S/C15H31N3O2/c1-4-8-16-14-7-5-10-18(12-14)13(2)15(19)17-9-6-11-20-3/h13-14,16H,4-12H2,1-3H3,(H,17,19). The summed E-state index contributed by atoms with van der Waals surface area (Å²) in [5.41, 5.74) is 0. The zero-order chi connectivity index (χ0) is 14.8. The lowest BCUT2D eigenvalue weighted by Crippen LogP contribution is -2.53. The molecule has 0 radical (unpaired) electrons. The molecule has 1 aliphatic heterocycles. The summed E-state index contributed by atoms with van der Waals surface area (Å²) in [5, 5.41) is 6.56. The third-order valence-electron chi connectivity index (χ3n) is 3.89. The third-order valence-corrected chi connectivity index (χ3v) is 3.89. The van der Waals surface area contributed by atoms with Gasteiger partial charge in [-0.25, -0.2) is 0 Å². The van der Waals surface area contributed by atoms with Crippen LogP contribution in [-0.4, -0.2) is 62.8 Å². The maximum Gasteiger partial charge on any atom is 0.237 e. The van der Waals surface area contributed by atoms with E-state index in [1.165, 1.54) is 12.8 Å². The lowest BCUT2D eigenvalue weighted by atomic mass is 10.0. The van der Waals surface area contributed by atoms with Gasteiger partial charge in [0, 0.05) is 32.8 Å². The molecule has 2 atom stereocenters. The molecule has 1 saturated heterocycles. The fraction of sp³-hybridized carbons (Fsp3) is 0.933. The summed E-state index contributed by atoms with van der Waals surface area (Å²) in [5.74, 6) is 0.136. The summed E-state index contributed by atoms with van der Waals surface area (Å²) in [4.78, 5) is 14.4. The number of methoxy groups -OCH3 is 1. The van der Waals surface area contributed by atoms with Gasteiger partial charge in [0.15, 0.2) is 0 Å². The average Bonchev–Trinajstić information content (AvgIpc) is 2.48. The molecule has 1 amide bonds. The predicted molar refractivity (Wildman–Crippen MR) is 81.9 cm³/mol. The molecule has 20 heavy (non-hydrogen) atoms. The molecule has 1 aliphatic rings. The van der Waals surface area contributed by atoms with Crippen molar-refractivity contribution in [1.29, 1.82) is 0 Å². The van der Waals surface area contributed by atoms with Crippen LogP contribution in [-0.2, 0) is 9.53 Å². The van der Waals surface area contributed by atoms with Crippen LogP contribution in [0.1, 0.15) is 39.5 Å². The number of piperidine rings is 1. The topological polar surface area (TPSA) is 53.6 Å². The third kappa shape index (κ3) is 6.20. The van der Waals surface area contributed by atoms with E-state index >= 15 is 0 Å². The van der Waals surface area contributed by atoms with Crippen LogP contribution in [0.15, 0.2) is 0 Å². The molecule has 0 saturated carbocycles. The first-order chi connectivity index (χ1) is 9.69. The summed E-state index contributed by atoms with van der Waals surface area (Å²) in [6.07, 6.45) is 4.42. The molecule has 0 bridgehead atoms. The number of ether oxygens (including phenoxy) is 1. The Balaban J connectivity index is 2.29. The first-order valence-electron chi connectivity index (χ1n) is 7.93. The van der Waals surface area contributed by atoms with Crippen LogP contribution in [0.2, 0.25) is 0 Å². The van der Waals surface area contributed by atoms with Gasteiger partial charge in [-0.2, -0.15) is 0 Å². The van der Waals surface area contributed by atoms with Crippen LogP contribution in [0.5, 0.6) is 0 Å². The van der Waals surface area contributed by atoms with Gasteiger partial charge in [-0.05, 0) is 45.7 Å². The first-order valence-corrected chi connectivity index (χ1v) is 7.93. The number of nitrogens with zero attached hydrogens (tertiary/aromatic N) is 1. The van der Waals surface area contributed by atoms with Gasteiger partial charge < -0.3 is 15.4 Å². The van der Waals surface area contributed by atoms with Gasteiger partial charge in [-0.15, -0.1) is 0 Å². The van der Waals surface area contributed by atoms with E-state index in [4.69, 9.17) is 4.74 Å². The Kier molecular flexibility index (Phi) is 8.82. The van der Waals surface area contributed by atoms with Crippen molar-refractivity contribution in [2.75, 3.05) is 39.9 Å². The van der Waals surface area contributed by atoms with Crippen molar-refractivity contribution in [2.45, 2.75) is 51.6 Å². The Labute approximate surface area is 123 Å². The lowest BCUT2D eigenvalue weighted by molar-refractivity contribution is -0.126. The number of carbonyl (C=O) groups is 1. The second kappa shape index (κ2) is 10.1. The van der Waals surface area contributed by atoms with E-state index in [1.54, 1.807) is 7.11 Å². The highest BCUT2D eigenvalue weighted by atomic mass is 16.5. The molecule has 1 heterocycles. The number of carbonyl (C=O) groups excluding carboxylic acids is 1. The van der Waals surface area contributed by atoms with Crippen LogP contribution in [0.4, 0.5) is 0 Å². The van der Waals surface area contributed by atoms with Gasteiger partial charge in [0.2, 0.25) is 5.91 Å². The van der Waals surface area contributed by atoms with E-state index in [9.17, 15) is 4.79 Å². The number of likely N-dealkylation sites (tertiary alicyclic amines) is 1. The smallest absolute Gasteiger partial charge is 0.237 e. The minimum absolute atomic E-state index is 0.0382. The predicted octanol–water partition coefficient (Wildman–Crippen LogP) is 0.992. The lowest BCUT2D eigenvalue weighted by Gasteiger charge is -2.36. The fourth-order valence-corrected chi connectivity index (χ4v) is 2.61. The highest BCUT2D eigenvalue weighted by Crippen LogP contribution is 2.13. The van der Waals surface area contributed by atoms with Crippen LogP contribution >= 0.6 is 0 Å². The minimum Gasteiger partial charge on any atom is -0.385 e. The SMILES string of the molecule is CCCNC1CCCN(C(C)C(=O)NCCCOC)C1. The van der Waals surface area contributed by atoms with Crippen molar-refractivity contribution in [1.82, 2.24) is 15.5 Å². The summed E-state index contributed by atoms with van der Waals surface area (Å²) < 4.78 is 4.98. The molecule has 2 unspecified atom stereocenters. The van der Waals surface area contributed by atoms with Crippen molar-refractivity contribution in [2.24, 2.45) is 0 Å². The molecule has 1 rings (SSSR count). The van der Waals surface area contributed by atoms with E-state index in [2.05, 4.69) is 22.5 Å². The molecule has 1 fully saturated rings. The largest absolute Gasteiger partial charge is 0.385 e. The van der Waals surface area contributed by atoms with Crippen molar-refractivity contribution in [3.05, 3.63) is 0 Å². The Bertz CT molecular complexity index is 274. The number of rotatable bonds is 9. The van der Waals surface area contributed by atoms with Crippen molar-refractivity contribution in [3.63, 3.8) is 0 Å². The normalized spacial score (nSPS) is 21.6. The van der Waals surface area contributed by atoms with E-state index in [0.717, 1.165) is 32.5 Å². The maximum absolute atomic E-state index is 12.1. The van der Waals surface area contributed by atoms with Gasteiger partial charge >= 0.3 is 0 Å². The van der Waals surface area contributed by atoms with E-state index in [0.29, 0.717) is 19.2 Å². The summed E-state index contributed by atoms with van der Waals surface area (Å²) in [6, 6.07) is 0.496. The van der Waals surface area contributed by atoms with Gasteiger partial charge in [0.1, 0.15) is 0 Å². The average molecular weight is 285 g/mol. The molecule has 0 spiro atoms. The quantitative estimate of drug-likeness (QED) is 0.620. The van der Waals surface area contributed by atoms with Crippen molar-refractivity contribution >= 4 is 5.91 Å². The zero-order valence-electron chi connectivity index (χ0n) is 13.3. The number of hydrogen-bond acceptors (Lipinski definition) is 4. The van der Waals surface area contributed by atoms with Crippen LogP contribution in [0.3, 0.4) is 0 Å². The Morgan fingerprint density at radius 2 is 2.25 bits per heavy atom. The van der Waals surface area contributed by atoms with Crippen molar-refractivity contribution < 1.29 is 9.53 Å². The molecule has 0 aromatic heterocycles. The summed E-state index contributed by atoms with van der Waals surface area (Å²) in [6.45, 7) is 8.65. The molecule has 5 heteroatoms. The van der Waals surface area contributed by atoms with Crippen LogP contribution < -0.4 is 10.6 Å². The van der Waals surface area contributed by atoms with Crippen LogP contribution in [0, 0.1) is 0 Å². The number of amides is 1. The van der Waals surface area contributed by atoms with Crippen LogP contribution in [0.25, 0.3) is 0 Å². The molecule has 5 nitrogen and oxygen atoms in total. The van der Waals surface area contributed by atoms with Gasteiger partial charge in [0.25, 0.3) is 0 Å². The molecule has 2 N–H and O–H groups in total. The highest BCUT2D eigenvalue weighted by molar-refractivity contribution is 5.81. The van der Waals surface area contributed by atoms with E-state index in [1.807, 2.05) is 6.92 Å². The Hall–Kier alpha value is -0.650. The molecule has 0 aromatic carbocycles. The number of nitrogens with one attached hydrogen (secondary N) is 2. The Morgan fingerprint density at radius 1 is 1.45 bits per heavy atom. The van der Waals surface area contributed by atoms with E-state index < -0.39 is 0 Å². The minimum atomic E-state index is -0.0382. The second-order valence-electron chi connectivity index (χ2n) is 5.60. The molecular weight excluding hydrogens is 254 g/mol. The second-order valence-corrected chi connectivity index (χ2v) is 5.60. The molecule has 0 aliphatic carbocycles. The van der Waals surface area contributed by atoms with Gasteiger partial charge in [0.05, 0.1) is 6.04 Å². The van der Waals surface area contributed by atoms with Gasteiger partial charge in [-0.1, -0.05) is 6.92 Å². The molecule has 0 aromatic rings. The summed E-state index contributed by atoms with van der Waals surface area (Å²) in [7, 11) is 1.68.